The first-order valence-corrected chi connectivity index (χ1v) is 6.46. The predicted octanol–water partition coefficient (Wildman–Crippen LogP) is 4.79. The molecule has 0 saturated carbocycles. The Balaban J connectivity index is 4.35. The van der Waals surface area contributed by atoms with Gasteiger partial charge in [0.15, 0.2) is 0 Å². The van der Waals surface area contributed by atoms with Gasteiger partial charge in [-0.25, -0.2) is 0 Å². The van der Waals surface area contributed by atoms with Crippen molar-refractivity contribution in [1.29, 1.82) is 0 Å². The quantitative estimate of drug-likeness (QED) is 0.465. The van der Waals surface area contributed by atoms with E-state index in [9.17, 15) is 0 Å². The second-order valence-electron chi connectivity index (χ2n) is 4.49. The van der Waals surface area contributed by atoms with Crippen LogP contribution in [0.2, 0.25) is 0 Å². The van der Waals surface area contributed by atoms with Crippen LogP contribution in [-0.4, -0.2) is 0 Å². The van der Waals surface area contributed by atoms with Gasteiger partial charge in [0, 0.05) is 5.70 Å². The lowest BCUT2D eigenvalue weighted by atomic mass is 10.3. The molecule has 2 N–H and O–H groups in total. The monoisotopic (exact) mass is 297 g/mol. The van der Waals surface area contributed by atoms with Crippen molar-refractivity contribution in [3.63, 3.8) is 0 Å². The van der Waals surface area contributed by atoms with Crippen molar-refractivity contribution in [2.24, 2.45) is 5.73 Å². The summed E-state index contributed by atoms with van der Waals surface area (Å²) in [5.41, 5.74) is 6.71. The minimum atomic E-state index is 0.380. The summed E-state index contributed by atoms with van der Waals surface area (Å²) < 4.78 is 10.7. The van der Waals surface area contributed by atoms with Crippen molar-refractivity contribution in [3.05, 3.63) is 110 Å². The first-order chi connectivity index (χ1) is 10.2. The molecule has 0 aliphatic heterocycles. The number of hydrogen-bond acceptors (Lipinski definition) is 3. The minimum absolute atomic E-state index is 0.380. The molecule has 3 nitrogen and oxygen atoms in total. The van der Waals surface area contributed by atoms with E-state index in [4.69, 9.17) is 15.2 Å². The highest BCUT2D eigenvalue weighted by Gasteiger charge is 1.95. The first kappa shape index (κ1) is 19.1. The maximum absolute atomic E-state index is 5.40. The summed E-state index contributed by atoms with van der Waals surface area (Å²) in [7, 11) is 0. The zero-order valence-electron chi connectivity index (χ0n) is 13.1. The fourth-order valence-electron chi connectivity index (χ4n) is 1.09. The zero-order chi connectivity index (χ0) is 17.1. The lowest BCUT2D eigenvalue weighted by Gasteiger charge is -2.06. The van der Waals surface area contributed by atoms with Crippen LogP contribution in [0.4, 0.5) is 0 Å². The SMILES string of the molecule is C=C(C)/C=C\C(=C)OC(=C)/C=C\C(=C)OC(=C)/C=C\C(=C)N. The smallest absolute Gasteiger partial charge is 0.120 e. The van der Waals surface area contributed by atoms with Gasteiger partial charge >= 0.3 is 0 Å². The molecule has 0 spiro atoms. The number of nitrogens with two attached hydrogens (primary N) is 1. The number of hydrogen-bond donors (Lipinski definition) is 1. The number of ether oxygens (including phenoxy) is 2. The summed E-state index contributed by atoms with van der Waals surface area (Å²) in [6.45, 7) is 24.1. The summed E-state index contributed by atoms with van der Waals surface area (Å²) >= 11 is 0. The topological polar surface area (TPSA) is 44.5 Å². The Morgan fingerprint density at radius 2 is 0.955 bits per heavy atom. The van der Waals surface area contributed by atoms with Gasteiger partial charge in [-0.15, -0.1) is 0 Å². The van der Waals surface area contributed by atoms with Gasteiger partial charge in [-0.1, -0.05) is 51.1 Å². The van der Waals surface area contributed by atoms with Gasteiger partial charge < -0.3 is 15.2 Å². The van der Waals surface area contributed by atoms with Gasteiger partial charge in [0.1, 0.15) is 23.0 Å². The van der Waals surface area contributed by atoms with Gasteiger partial charge in [0.2, 0.25) is 0 Å². The average Bonchev–Trinajstić information content (AvgIpc) is 2.40. The van der Waals surface area contributed by atoms with E-state index in [0.29, 0.717) is 28.7 Å². The van der Waals surface area contributed by atoms with Gasteiger partial charge in [-0.05, 0) is 37.3 Å². The Bertz CT molecular complexity index is 535. The fourth-order valence-corrected chi connectivity index (χ4v) is 1.09. The largest absolute Gasteiger partial charge is 0.459 e. The predicted molar refractivity (Wildman–Crippen MR) is 94.3 cm³/mol. The second-order valence-corrected chi connectivity index (χ2v) is 4.49. The van der Waals surface area contributed by atoms with Crippen LogP contribution in [0.15, 0.2) is 110 Å². The summed E-state index contributed by atoms with van der Waals surface area (Å²) in [5, 5.41) is 0. The highest BCUT2D eigenvalue weighted by molar-refractivity contribution is 5.25. The van der Waals surface area contributed by atoms with Crippen LogP contribution < -0.4 is 5.73 Å². The Hall–Kier alpha value is -2.94. The third kappa shape index (κ3) is 10.9. The van der Waals surface area contributed by atoms with E-state index in [0.717, 1.165) is 5.57 Å². The first-order valence-electron chi connectivity index (χ1n) is 6.46. The minimum Gasteiger partial charge on any atom is -0.459 e. The molecule has 22 heavy (non-hydrogen) atoms. The highest BCUT2D eigenvalue weighted by atomic mass is 16.5. The molecule has 0 aromatic heterocycles. The molecule has 0 amide bonds. The molecule has 0 fully saturated rings. The Morgan fingerprint density at radius 3 is 1.27 bits per heavy atom. The molecule has 0 saturated heterocycles. The van der Waals surface area contributed by atoms with Crippen LogP contribution in [0.25, 0.3) is 0 Å². The van der Waals surface area contributed by atoms with E-state index in [1.54, 1.807) is 36.5 Å². The molecule has 0 unspecified atom stereocenters. The summed E-state index contributed by atoms with van der Waals surface area (Å²) in [6.07, 6.45) is 9.90. The Kier molecular flexibility index (Phi) is 8.56. The maximum atomic E-state index is 5.40. The number of allylic oxidation sites excluding steroid dienone is 7. The lowest BCUT2D eigenvalue weighted by Crippen LogP contribution is -1.91. The van der Waals surface area contributed by atoms with Crippen molar-refractivity contribution in [1.82, 2.24) is 0 Å². The third-order valence-electron chi connectivity index (χ3n) is 2.02. The normalized spacial score (nSPS) is 10.8. The summed E-state index contributed by atoms with van der Waals surface area (Å²) in [5.74, 6) is 1.63. The molecule has 0 heterocycles. The molecule has 116 valence electrons. The van der Waals surface area contributed by atoms with E-state index < -0.39 is 0 Å². The standard InChI is InChI=1S/C19H23NO2/c1-14(2)8-10-16(4)21-18(6)12-13-19(7)22-17(5)11-9-15(3)20/h8-13H,1,3-7,20H2,2H3/b10-8-,11-9-,13-12-. The molecule has 0 aromatic carbocycles. The van der Waals surface area contributed by atoms with Gasteiger partial charge in [-0.3, -0.25) is 0 Å². The molecule has 0 radical (unpaired) electrons. The van der Waals surface area contributed by atoms with E-state index in [2.05, 4.69) is 39.5 Å². The fraction of sp³-hybridized carbons (Fsp3) is 0.0526. The molecule has 0 aliphatic rings. The molecule has 0 bridgehead atoms. The molecular formula is C19H23NO2. The lowest BCUT2D eigenvalue weighted by molar-refractivity contribution is 0.332. The van der Waals surface area contributed by atoms with Crippen molar-refractivity contribution in [3.8, 4) is 0 Å². The maximum Gasteiger partial charge on any atom is 0.120 e. The van der Waals surface area contributed by atoms with Crippen LogP contribution in [0, 0.1) is 0 Å². The van der Waals surface area contributed by atoms with Crippen molar-refractivity contribution < 1.29 is 9.47 Å². The van der Waals surface area contributed by atoms with E-state index in [1.165, 1.54) is 0 Å². The van der Waals surface area contributed by atoms with E-state index in [1.807, 2.05) is 6.92 Å². The zero-order valence-corrected chi connectivity index (χ0v) is 13.1. The average molecular weight is 297 g/mol. The van der Waals surface area contributed by atoms with Crippen molar-refractivity contribution in [2.75, 3.05) is 0 Å². The Labute approximate surface area is 133 Å². The van der Waals surface area contributed by atoms with Crippen molar-refractivity contribution >= 4 is 0 Å². The molecule has 3 heteroatoms. The molecular weight excluding hydrogens is 274 g/mol. The van der Waals surface area contributed by atoms with Crippen LogP contribution in [0.3, 0.4) is 0 Å². The molecule has 0 aliphatic carbocycles. The van der Waals surface area contributed by atoms with E-state index in [-0.39, 0.29) is 0 Å². The second kappa shape index (κ2) is 9.88. The van der Waals surface area contributed by atoms with Gasteiger partial charge in [-0.2, -0.15) is 0 Å². The van der Waals surface area contributed by atoms with E-state index >= 15 is 0 Å². The third-order valence-corrected chi connectivity index (χ3v) is 2.02. The number of rotatable bonds is 10. The van der Waals surface area contributed by atoms with Crippen molar-refractivity contribution in [2.45, 2.75) is 6.92 Å². The van der Waals surface area contributed by atoms with Gasteiger partial charge in [0.25, 0.3) is 0 Å². The summed E-state index contributed by atoms with van der Waals surface area (Å²) in [6, 6.07) is 0. The summed E-state index contributed by atoms with van der Waals surface area (Å²) in [4.78, 5) is 0. The molecule has 0 atom stereocenters. The molecule has 0 aromatic rings. The van der Waals surface area contributed by atoms with Gasteiger partial charge in [0.05, 0.1) is 0 Å². The van der Waals surface area contributed by atoms with Crippen LogP contribution in [-0.2, 0) is 9.47 Å². The Morgan fingerprint density at radius 1 is 0.636 bits per heavy atom. The molecule has 0 rings (SSSR count). The van der Waals surface area contributed by atoms with Crippen LogP contribution in [0.5, 0.6) is 0 Å². The van der Waals surface area contributed by atoms with Crippen LogP contribution >= 0.6 is 0 Å². The highest BCUT2D eigenvalue weighted by Crippen LogP contribution is 2.10. The van der Waals surface area contributed by atoms with Crippen LogP contribution in [0.1, 0.15) is 6.92 Å².